The summed E-state index contributed by atoms with van der Waals surface area (Å²) >= 11 is 6.42. The van der Waals surface area contributed by atoms with Crippen molar-refractivity contribution in [3.63, 3.8) is 0 Å². The van der Waals surface area contributed by atoms with Gasteiger partial charge in [0, 0.05) is 53.8 Å². The van der Waals surface area contributed by atoms with Crippen molar-refractivity contribution < 1.29 is 14.5 Å². The van der Waals surface area contributed by atoms with E-state index in [2.05, 4.69) is 35.7 Å². The molecule has 1 fully saturated rings. The highest BCUT2D eigenvalue weighted by molar-refractivity contribution is 7.70. The lowest BCUT2D eigenvalue weighted by Crippen LogP contribution is -2.48. The molecule has 6 rings (SSSR count). The molecular weight excluding hydrogens is 587 g/mol. The minimum absolute atomic E-state index is 0.335. The molecule has 0 aliphatic carbocycles. The minimum atomic E-state index is -2.53. The monoisotopic (exact) mass is 616 g/mol. The van der Waals surface area contributed by atoms with E-state index in [9.17, 15) is 14.5 Å². The maximum atomic E-state index is 12.8. The number of hydrogen-bond acceptors (Lipinski definition) is 8. The van der Waals surface area contributed by atoms with Crippen LogP contribution in [0.1, 0.15) is 0 Å². The maximum absolute atomic E-state index is 12.8. The van der Waals surface area contributed by atoms with Crippen LogP contribution in [0.2, 0.25) is 5.02 Å². The van der Waals surface area contributed by atoms with E-state index >= 15 is 0 Å². The van der Waals surface area contributed by atoms with E-state index in [1.54, 1.807) is 13.3 Å². The molecule has 3 aromatic carbocycles. The van der Waals surface area contributed by atoms with Crippen molar-refractivity contribution in [3.05, 3.63) is 77.9 Å². The average molecular weight is 617 g/mol. The van der Waals surface area contributed by atoms with Crippen molar-refractivity contribution in [3.8, 4) is 11.3 Å². The predicted octanol–water partition coefficient (Wildman–Crippen LogP) is 6.21. The molecule has 0 bridgehead atoms. The summed E-state index contributed by atoms with van der Waals surface area (Å²) in [5.74, 6) is 0.743. The van der Waals surface area contributed by atoms with Crippen molar-refractivity contribution in [2.45, 2.75) is 0 Å². The lowest BCUT2D eigenvalue weighted by Gasteiger charge is -2.34. The molecule has 2 aromatic heterocycles. The van der Waals surface area contributed by atoms with Crippen molar-refractivity contribution in [2.75, 3.05) is 55.0 Å². The van der Waals surface area contributed by atoms with Gasteiger partial charge in [-0.15, -0.1) is 0 Å². The number of aromatic amines is 1. The number of piperazine rings is 1. The van der Waals surface area contributed by atoms with E-state index in [-0.39, 0.29) is 0 Å². The molecule has 4 N–H and O–H groups in total. The number of hydrogen-bond donors (Lipinski definition) is 4. The highest BCUT2D eigenvalue weighted by Gasteiger charge is 2.21. The van der Waals surface area contributed by atoms with Crippen molar-refractivity contribution in [1.82, 2.24) is 25.1 Å². The number of carboxylic acid groups (broad SMARTS) is 1. The van der Waals surface area contributed by atoms with Gasteiger partial charge in [0.15, 0.2) is 5.82 Å². The van der Waals surface area contributed by atoms with Gasteiger partial charge in [-0.25, -0.2) is 9.78 Å². The van der Waals surface area contributed by atoms with Crippen molar-refractivity contribution >= 4 is 69.9 Å². The Kier molecular flexibility index (Phi) is 7.68. The summed E-state index contributed by atoms with van der Waals surface area (Å²) in [5, 5.41) is 25.3. The third-order valence-electron chi connectivity index (χ3n) is 7.36. The van der Waals surface area contributed by atoms with E-state index in [4.69, 9.17) is 11.6 Å². The fourth-order valence-electron chi connectivity index (χ4n) is 5.12. The second-order valence-electron chi connectivity index (χ2n) is 10.6. The first-order chi connectivity index (χ1) is 20.7. The number of halogens is 1. The normalized spacial score (nSPS) is 13.7. The van der Waals surface area contributed by atoms with Crippen LogP contribution >= 0.6 is 18.7 Å². The summed E-state index contributed by atoms with van der Waals surface area (Å²) in [4.78, 5) is 23.8. The van der Waals surface area contributed by atoms with E-state index in [1.807, 2.05) is 66.7 Å². The van der Waals surface area contributed by atoms with Crippen LogP contribution in [-0.4, -0.2) is 75.8 Å². The summed E-state index contributed by atoms with van der Waals surface area (Å²) in [6.07, 6.45) is 0.644. The number of anilines is 5. The number of carbonyl (C=O) groups is 1. The van der Waals surface area contributed by atoms with Gasteiger partial charge in [-0.05, 0) is 55.8 Å². The van der Waals surface area contributed by atoms with Gasteiger partial charge in [0.25, 0.3) is 0 Å². The molecule has 0 spiro atoms. The molecule has 1 amide bonds. The lowest BCUT2D eigenvalue weighted by atomic mass is 10.1. The number of H-pyrrole nitrogens is 1. The van der Waals surface area contributed by atoms with Crippen molar-refractivity contribution in [1.29, 1.82) is 0 Å². The number of aromatic nitrogens is 4. The second kappa shape index (κ2) is 11.6. The fraction of sp³-hybridized carbons (Fsp3) is 0.200. The van der Waals surface area contributed by atoms with Crippen LogP contribution in [0.5, 0.6) is 0 Å². The number of fused-ring (bicyclic) bond motifs is 1. The standard InChI is InChI=1S/C30H30ClN8O3P/c1-43(2,42)26-6-4-3-5-25(26)34-28-23(31)18-32-29(35-28)33-20-9-12-24-22(17-20)27(37-36-24)19-7-10-21(11-8-19)38-13-15-39(16-14-38)30(40)41/h3-12,17-18H,13-16H2,1-2H3,(H,36,37)(H,40,41)(H2,32,33,34,35). The Morgan fingerprint density at radius 3 is 2.47 bits per heavy atom. The summed E-state index contributed by atoms with van der Waals surface area (Å²) in [7, 11) is -2.53. The number of nitrogens with zero attached hydrogens (tertiary/aromatic N) is 5. The van der Waals surface area contributed by atoms with Gasteiger partial charge in [0.2, 0.25) is 5.95 Å². The molecule has 1 aliphatic rings. The number of para-hydroxylation sites is 1. The summed E-state index contributed by atoms with van der Waals surface area (Å²) in [6.45, 7) is 5.72. The molecule has 220 valence electrons. The molecule has 5 aromatic rings. The van der Waals surface area contributed by atoms with Gasteiger partial charge in [-0.2, -0.15) is 10.1 Å². The summed E-state index contributed by atoms with van der Waals surface area (Å²) in [6, 6.07) is 21.4. The molecule has 11 nitrogen and oxygen atoms in total. The zero-order chi connectivity index (χ0) is 30.1. The highest BCUT2D eigenvalue weighted by Crippen LogP contribution is 2.39. The number of rotatable bonds is 7. The van der Waals surface area contributed by atoms with Crippen LogP contribution in [0.4, 0.5) is 33.6 Å². The van der Waals surface area contributed by atoms with Gasteiger partial charge < -0.3 is 30.1 Å². The third kappa shape index (κ3) is 6.14. The quantitative estimate of drug-likeness (QED) is 0.157. The molecule has 0 radical (unpaired) electrons. The van der Waals surface area contributed by atoms with E-state index in [1.165, 1.54) is 11.1 Å². The number of amides is 1. The smallest absolute Gasteiger partial charge is 0.407 e. The maximum Gasteiger partial charge on any atom is 0.407 e. The molecule has 1 aliphatic heterocycles. The fourth-order valence-corrected chi connectivity index (χ4v) is 6.41. The molecule has 43 heavy (non-hydrogen) atoms. The first-order valence-electron chi connectivity index (χ1n) is 13.7. The Morgan fingerprint density at radius 2 is 1.74 bits per heavy atom. The Balaban J connectivity index is 1.21. The van der Waals surface area contributed by atoms with Crippen LogP contribution in [-0.2, 0) is 4.57 Å². The predicted molar refractivity (Wildman–Crippen MR) is 172 cm³/mol. The lowest BCUT2D eigenvalue weighted by molar-refractivity contribution is 0.142. The molecular formula is C30H30ClN8O3P. The third-order valence-corrected chi connectivity index (χ3v) is 9.18. The van der Waals surface area contributed by atoms with Crippen LogP contribution in [0, 0.1) is 0 Å². The van der Waals surface area contributed by atoms with Crippen LogP contribution in [0.25, 0.3) is 22.2 Å². The first kappa shape index (κ1) is 28.5. The van der Waals surface area contributed by atoms with Gasteiger partial charge in [-0.3, -0.25) is 5.10 Å². The number of benzene rings is 3. The first-order valence-corrected chi connectivity index (χ1v) is 16.7. The average Bonchev–Trinajstić information content (AvgIpc) is 3.42. The zero-order valence-electron chi connectivity index (χ0n) is 23.6. The Labute approximate surface area is 253 Å². The molecule has 0 saturated carbocycles. The molecule has 3 heterocycles. The minimum Gasteiger partial charge on any atom is -0.465 e. The van der Waals surface area contributed by atoms with Gasteiger partial charge in [-0.1, -0.05) is 35.9 Å². The van der Waals surface area contributed by atoms with E-state index in [0.717, 1.165) is 33.5 Å². The van der Waals surface area contributed by atoms with Gasteiger partial charge in [0.1, 0.15) is 12.2 Å². The van der Waals surface area contributed by atoms with E-state index < -0.39 is 13.2 Å². The summed E-state index contributed by atoms with van der Waals surface area (Å²) < 4.78 is 12.8. The van der Waals surface area contributed by atoms with Gasteiger partial charge >= 0.3 is 6.09 Å². The molecule has 1 saturated heterocycles. The SMILES string of the molecule is CP(C)(=O)c1ccccc1Nc1nc(Nc2ccc3[nH]nc(-c4ccc(N5CCN(C(=O)O)CC5)cc4)c3c2)ncc1Cl. The summed E-state index contributed by atoms with van der Waals surface area (Å²) in [5.41, 5.74) is 5.13. The van der Waals surface area contributed by atoms with Crippen molar-refractivity contribution in [2.24, 2.45) is 0 Å². The topological polar surface area (TPSA) is 139 Å². The largest absolute Gasteiger partial charge is 0.465 e. The Hall–Kier alpha value is -4.60. The Morgan fingerprint density at radius 1 is 1.00 bits per heavy atom. The second-order valence-corrected chi connectivity index (χ2v) is 14.2. The molecule has 13 heteroatoms. The molecule has 0 unspecified atom stereocenters. The van der Waals surface area contributed by atoms with E-state index in [0.29, 0.717) is 54.0 Å². The highest BCUT2D eigenvalue weighted by atomic mass is 35.5. The zero-order valence-corrected chi connectivity index (χ0v) is 25.2. The number of nitrogens with one attached hydrogen (secondary N) is 3. The van der Waals surface area contributed by atoms with Crippen LogP contribution in [0.15, 0.2) is 72.9 Å². The molecule has 0 atom stereocenters. The van der Waals surface area contributed by atoms with Crippen LogP contribution in [0.3, 0.4) is 0 Å². The van der Waals surface area contributed by atoms with Gasteiger partial charge in [0.05, 0.1) is 23.1 Å². The van der Waals surface area contributed by atoms with Crippen LogP contribution < -0.4 is 20.8 Å². The Bertz CT molecular complexity index is 1850.